The molecule has 0 saturated heterocycles. The highest BCUT2D eigenvalue weighted by atomic mass is 32.1. The van der Waals surface area contributed by atoms with Crippen LogP contribution in [0.3, 0.4) is 0 Å². The van der Waals surface area contributed by atoms with Crippen molar-refractivity contribution in [2.75, 3.05) is 0 Å². The normalized spacial score (nSPS) is 11.0. The molecule has 0 unspecified atom stereocenters. The SMILES string of the molecule is Oc1cccc(/C=N/n2cc(-c3ccccc3)[nH]c2=S)c1. The third kappa shape index (κ3) is 3.09. The fourth-order valence-corrected chi connectivity index (χ4v) is 2.18. The topological polar surface area (TPSA) is 53.3 Å². The highest BCUT2D eigenvalue weighted by Gasteiger charge is 2.01. The molecular weight excluding hydrogens is 282 g/mol. The fraction of sp³-hybridized carbons (Fsp3) is 0. The van der Waals surface area contributed by atoms with E-state index >= 15 is 0 Å². The van der Waals surface area contributed by atoms with Crippen molar-refractivity contribution in [3.8, 4) is 17.0 Å². The second kappa shape index (κ2) is 5.76. The van der Waals surface area contributed by atoms with Gasteiger partial charge in [-0.25, -0.2) is 4.68 Å². The molecule has 4 nitrogen and oxygen atoms in total. The lowest BCUT2D eigenvalue weighted by Gasteiger charge is -1.95. The molecular formula is C16H13N3OS. The second-order valence-electron chi connectivity index (χ2n) is 4.52. The summed E-state index contributed by atoms with van der Waals surface area (Å²) in [6, 6.07) is 16.8. The minimum Gasteiger partial charge on any atom is -0.508 e. The molecule has 0 aliphatic rings. The van der Waals surface area contributed by atoms with Crippen LogP contribution in [0.15, 0.2) is 65.9 Å². The Hall–Kier alpha value is -2.66. The molecule has 21 heavy (non-hydrogen) atoms. The van der Waals surface area contributed by atoms with Gasteiger partial charge in [0.15, 0.2) is 4.77 Å². The van der Waals surface area contributed by atoms with Gasteiger partial charge in [0.2, 0.25) is 0 Å². The first-order valence-electron chi connectivity index (χ1n) is 6.43. The van der Waals surface area contributed by atoms with E-state index in [-0.39, 0.29) is 5.75 Å². The number of rotatable bonds is 3. The van der Waals surface area contributed by atoms with Crippen LogP contribution in [0.4, 0.5) is 0 Å². The summed E-state index contributed by atoms with van der Waals surface area (Å²) in [6.45, 7) is 0. The maximum Gasteiger partial charge on any atom is 0.198 e. The van der Waals surface area contributed by atoms with Crippen molar-refractivity contribution in [3.05, 3.63) is 71.1 Å². The van der Waals surface area contributed by atoms with Crippen molar-refractivity contribution in [1.82, 2.24) is 9.66 Å². The van der Waals surface area contributed by atoms with Crippen LogP contribution >= 0.6 is 12.2 Å². The van der Waals surface area contributed by atoms with Crippen LogP contribution in [-0.4, -0.2) is 21.0 Å². The van der Waals surface area contributed by atoms with Crippen molar-refractivity contribution >= 4 is 18.4 Å². The average molecular weight is 295 g/mol. The van der Waals surface area contributed by atoms with E-state index in [2.05, 4.69) is 10.1 Å². The van der Waals surface area contributed by atoms with E-state index < -0.39 is 0 Å². The molecule has 3 aromatic rings. The van der Waals surface area contributed by atoms with E-state index in [1.165, 1.54) is 0 Å². The number of nitrogens with one attached hydrogen (secondary N) is 1. The van der Waals surface area contributed by atoms with E-state index in [1.54, 1.807) is 29.1 Å². The summed E-state index contributed by atoms with van der Waals surface area (Å²) in [5.74, 6) is 0.210. The maximum absolute atomic E-state index is 9.42. The second-order valence-corrected chi connectivity index (χ2v) is 4.91. The molecule has 1 aromatic heterocycles. The number of nitrogens with zero attached hydrogens (tertiary/aromatic N) is 2. The molecule has 3 rings (SSSR count). The third-order valence-corrected chi connectivity index (χ3v) is 3.28. The standard InChI is InChI=1S/C16H13N3OS/c20-14-8-4-5-12(9-14)10-17-19-11-15(18-16(19)21)13-6-2-1-3-7-13/h1-11,20H,(H,18,21)/b17-10+. The van der Waals surface area contributed by atoms with Crippen LogP contribution in [0.2, 0.25) is 0 Å². The van der Waals surface area contributed by atoms with Crippen molar-refractivity contribution in [3.63, 3.8) is 0 Å². The molecule has 2 N–H and O–H groups in total. The molecule has 0 radical (unpaired) electrons. The molecule has 2 aromatic carbocycles. The van der Waals surface area contributed by atoms with Gasteiger partial charge in [-0.2, -0.15) is 5.10 Å². The molecule has 0 spiro atoms. The minimum atomic E-state index is 0.210. The van der Waals surface area contributed by atoms with Gasteiger partial charge in [0.05, 0.1) is 18.1 Å². The number of benzene rings is 2. The van der Waals surface area contributed by atoms with E-state index in [0.29, 0.717) is 4.77 Å². The first-order valence-corrected chi connectivity index (χ1v) is 6.84. The number of hydrogen-bond donors (Lipinski definition) is 2. The Bertz CT molecular complexity index is 834. The number of imidazole rings is 1. The smallest absolute Gasteiger partial charge is 0.198 e. The van der Waals surface area contributed by atoms with E-state index in [0.717, 1.165) is 16.8 Å². The zero-order valence-corrected chi connectivity index (χ0v) is 11.9. The third-order valence-electron chi connectivity index (χ3n) is 2.99. The molecule has 0 atom stereocenters. The number of hydrogen-bond acceptors (Lipinski definition) is 3. The molecule has 0 aliphatic heterocycles. The largest absolute Gasteiger partial charge is 0.508 e. The van der Waals surface area contributed by atoms with Crippen LogP contribution in [0.5, 0.6) is 5.75 Å². The van der Waals surface area contributed by atoms with E-state index in [9.17, 15) is 5.11 Å². The molecule has 0 aliphatic carbocycles. The number of phenolic OH excluding ortho intramolecular Hbond substituents is 1. The summed E-state index contributed by atoms with van der Waals surface area (Å²) in [4.78, 5) is 3.12. The summed E-state index contributed by atoms with van der Waals surface area (Å²) in [7, 11) is 0. The molecule has 0 bridgehead atoms. The summed E-state index contributed by atoms with van der Waals surface area (Å²) < 4.78 is 2.12. The van der Waals surface area contributed by atoms with Crippen LogP contribution in [0.25, 0.3) is 11.3 Å². The Balaban J connectivity index is 1.90. The van der Waals surface area contributed by atoms with E-state index in [4.69, 9.17) is 12.2 Å². The zero-order valence-electron chi connectivity index (χ0n) is 11.1. The average Bonchev–Trinajstić information content (AvgIpc) is 2.87. The molecule has 0 fully saturated rings. The lowest BCUT2D eigenvalue weighted by Crippen LogP contribution is -1.88. The first-order chi connectivity index (χ1) is 10.2. The first kappa shape index (κ1) is 13.3. The Morgan fingerprint density at radius 1 is 1.10 bits per heavy atom. The number of phenols is 1. The molecule has 0 amide bonds. The summed E-state index contributed by atoms with van der Waals surface area (Å²) in [6.07, 6.45) is 3.50. The lowest BCUT2D eigenvalue weighted by molar-refractivity contribution is 0.475. The van der Waals surface area contributed by atoms with Crippen molar-refractivity contribution in [2.24, 2.45) is 5.10 Å². The zero-order chi connectivity index (χ0) is 14.7. The van der Waals surface area contributed by atoms with Crippen LogP contribution < -0.4 is 0 Å². The van der Waals surface area contributed by atoms with Gasteiger partial charge in [-0.1, -0.05) is 42.5 Å². The van der Waals surface area contributed by atoms with Crippen molar-refractivity contribution in [2.45, 2.75) is 0 Å². The molecule has 1 heterocycles. The molecule has 5 heteroatoms. The summed E-state index contributed by atoms with van der Waals surface area (Å²) in [5, 5.41) is 13.7. The summed E-state index contributed by atoms with van der Waals surface area (Å²) in [5.41, 5.74) is 2.77. The highest BCUT2D eigenvalue weighted by Crippen LogP contribution is 2.17. The number of aromatic amines is 1. The number of aromatic nitrogens is 2. The predicted octanol–water partition coefficient (Wildman–Crippen LogP) is 3.80. The fourth-order valence-electron chi connectivity index (χ4n) is 1.97. The minimum absolute atomic E-state index is 0.210. The quantitative estimate of drug-likeness (QED) is 0.570. The predicted molar refractivity (Wildman–Crippen MR) is 86.2 cm³/mol. The van der Waals surface area contributed by atoms with Gasteiger partial charge < -0.3 is 10.1 Å². The van der Waals surface area contributed by atoms with Gasteiger partial charge in [0.1, 0.15) is 5.75 Å². The Morgan fingerprint density at radius 3 is 2.67 bits per heavy atom. The van der Waals surface area contributed by atoms with Gasteiger partial charge >= 0.3 is 0 Å². The van der Waals surface area contributed by atoms with Crippen LogP contribution in [0.1, 0.15) is 5.56 Å². The Kier molecular flexibility index (Phi) is 3.66. The van der Waals surface area contributed by atoms with Gasteiger partial charge in [-0.15, -0.1) is 0 Å². The van der Waals surface area contributed by atoms with Gasteiger partial charge in [0.25, 0.3) is 0 Å². The maximum atomic E-state index is 9.42. The van der Waals surface area contributed by atoms with Gasteiger partial charge in [-0.3, -0.25) is 0 Å². The van der Waals surface area contributed by atoms with Gasteiger partial charge in [0, 0.05) is 0 Å². The van der Waals surface area contributed by atoms with E-state index in [1.807, 2.05) is 42.6 Å². The van der Waals surface area contributed by atoms with Crippen molar-refractivity contribution in [1.29, 1.82) is 0 Å². The number of H-pyrrole nitrogens is 1. The highest BCUT2D eigenvalue weighted by molar-refractivity contribution is 7.71. The monoisotopic (exact) mass is 295 g/mol. The molecule has 0 saturated carbocycles. The lowest BCUT2D eigenvalue weighted by atomic mass is 10.2. The number of aromatic hydroxyl groups is 1. The van der Waals surface area contributed by atoms with Gasteiger partial charge in [-0.05, 0) is 35.5 Å². The van der Waals surface area contributed by atoms with Crippen LogP contribution in [-0.2, 0) is 0 Å². The Labute approximate surface area is 127 Å². The molecule has 104 valence electrons. The van der Waals surface area contributed by atoms with Crippen LogP contribution in [0, 0.1) is 4.77 Å². The van der Waals surface area contributed by atoms with Crippen molar-refractivity contribution < 1.29 is 5.11 Å². The Morgan fingerprint density at radius 2 is 1.90 bits per heavy atom. The summed E-state index contributed by atoms with van der Waals surface area (Å²) >= 11 is 5.26.